The topological polar surface area (TPSA) is 52.6 Å². The molecule has 0 atom stereocenters. The van der Waals surface area contributed by atoms with Crippen LogP contribution in [0.2, 0.25) is 0 Å². The minimum absolute atomic E-state index is 0.0731. The highest BCUT2D eigenvalue weighted by Gasteiger charge is 2.27. The molecule has 0 aliphatic heterocycles. The van der Waals surface area contributed by atoms with Crippen molar-refractivity contribution in [3.8, 4) is 0 Å². The summed E-state index contributed by atoms with van der Waals surface area (Å²) in [5.74, 6) is -3.96. The zero-order valence-corrected chi connectivity index (χ0v) is 11.9. The van der Waals surface area contributed by atoms with Gasteiger partial charge >= 0.3 is 11.9 Å². The van der Waals surface area contributed by atoms with Crippen molar-refractivity contribution < 1.29 is 27.8 Å². The average molecular weight is 280 g/mol. The van der Waals surface area contributed by atoms with Crippen LogP contribution >= 0.6 is 0 Å². The molecule has 6 heteroatoms. The molecular weight excluding hydrogens is 258 g/mol. The van der Waals surface area contributed by atoms with Crippen LogP contribution in [0.4, 0.5) is 8.78 Å². The summed E-state index contributed by atoms with van der Waals surface area (Å²) in [4.78, 5) is 22.7. The zero-order chi connectivity index (χ0) is 15.1. The summed E-state index contributed by atoms with van der Waals surface area (Å²) in [7, 11) is 0. The third-order valence-corrected chi connectivity index (χ3v) is 2.78. The molecule has 0 rings (SSSR count). The third-order valence-electron chi connectivity index (χ3n) is 2.78. The van der Waals surface area contributed by atoms with Crippen LogP contribution in [0.25, 0.3) is 0 Å². The van der Waals surface area contributed by atoms with Gasteiger partial charge in [-0.05, 0) is 33.6 Å². The third kappa shape index (κ3) is 8.51. The molecule has 0 fully saturated rings. The van der Waals surface area contributed by atoms with E-state index in [4.69, 9.17) is 4.74 Å². The monoisotopic (exact) mass is 280 g/mol. The molecule has 0 aromatic rings. The van der Waals surface area contributed by atoms with Crippen LogP contribution in [0.3, 0.4) is 0 Å². The predicted molar refractivity (Wildman–Crippen MR) is 65.8 cm³/mol. The Bertz CT molecular complexity index is 308. The molecule has 0 radical (unpaired) electrons. The molecule has 0 spiro atoms. The van der Waals surface area contributed by atoms with Gasteiger partial charge in [0.25, 0.3) is 0 Å². The van der Waals surface area contributed by atoms with Crippen molar-refractivity contribution in [1.29, 1.82) is 0 Å². The maximum atomic E-state index is 12.5. The Morgan fingerprint density at radius 1 is 1.11 bits per heavy atom. The van der Waals surface area contributed by atoms with Gasteiger partial charge in [0, 0.05) is 6.42 Å². The van der Waals surface area contributed by atoms with Crippen LogP contribution in [0.5, 0.6) is 0 Å². The number of carbonyl (C=O) groups is 2. The molecule has 112 valence electrons. The van der Waals surface area contributed by atoms with Crippen molar-refractivity contribution >= 4 is 11.9 Å². The Labute approximate surface area is 112 Å². The molecule has 0 heterocycles. The van der Waals surface area contributed by atoms with Crippen molar-refractivity contribution in [2.24, 2.45) is 5.41 Å². The lowest BCUT2D eigenvalue weighted by molar-refractivity contribution is -0.164. The second-order valence-corrected chi connectivity index (χ2v) is 5.21. The molecule has 0 unspecified atom stereocenters. The Kier molecular flexibility index (Phi) is 6.94. The van der Waals surface area contributed by atoms with Crippen LogP contribution in [-0.2, 0) is 19.1 Å². The Morgan fingerprint density at radius 2 is 1.68 bits per heavy atom. The molecule has 0 N–H and O–H groups in total. The Hall–Kier alpha value is -1.20. The fourth-order valence-electron chi connectivity index (χ4n) is 1.07. The van der Waals surface area contributed by atoms with Crippen LogP contribution in [0.15, 0.2) is 0 Å². The number of hydrogen-bond acceptors (Lipinski definition) is 4. The molecule has 0 saturated heterocycles. The summed E-state index contributed by atoms with van der Waals surface area (Å²) >= 11 is 0. The molecule has 0 aliphatic carbocycles. The smallest absolute Gasteiger partial charge is 0.344 e. The number of rotatable bonds is 8. The molecule has 0 aromatic heterocycles. The Balaban J connectivity index is 3.80. The minimum atomic E-state index is -2.76. The van der Waals surface area contributed by atoms with E-state index in [1.165, 1.54) is 0 Å². The molecule has 0 bridgehead atoms. The van der Waals surface area contributed by atoms with Crippen molar-refractivity contribution in [1.82, 2.24) is 0 Å². The Morgan fingerprint density at radius 3 is 2.16 bits per heavy atom. The van der Waals surface area contributed by atoms with Gasteiger partial charge in [0.1, 0.15) is 0 Å². The van der Waals surface area contributed by atoms with E-state index in [0.29, 0.717) is 6.42 Å². The molecule has 0 saturated carbocycles. The predicted octanol–water partition coefficient (Wildman–Crippen LogP) is 2.94. The first kappa shape index (κ1) is 17.8. The lowest BCUT2D eigenvalue weighted by Gasteiger charge is -2.19. The lowest BCUT2D eigenvalue weighted by Crippen LogP contribution is -2.28. The van der Waals surface area contributed by atoms with Gasteiger partial charge in [-0.1, -0.05) is 6.92 Å². The second-order valence-electron chi connectivity index (χ2n) is 5.21. The molecule has 0 aromatic carbocycles. The molecule has 19 heavy (non-hydrogen) atoms. The zero-order valence-electron chi connectivity index (χ0n) is 11.9. The van der Waals surface area contributed by atoms with E-state index < -0.39 is 29.9 Å². The van der Waals surface area contributed by atoms with E-state index in [2.05, 4.69) is 4.74 Å². The molecule has 0 amide bonds. The van der Waals surface area contributed by atoms with Gasteiger partial charge in [0.2, 0.25) is 5.92 Å². The van der Waals surface area contributed by atoms with E-state index in [0.717, 1.165) is 6.92 Å². The minimum Gasteiger partial charge on any atom is -0.463 e. The van der Waals surface area contributed by atoms with Crippen LogP contribution < -0.4 is 0 Å². The van der Waals surface area contributed by atoms with E-state index >= 15 is 0 Å². The van der Waals surface area contributed by atoms with E-state index in [9.17, 15) is 18.4 Å². The maximum Gasteiger partial charge on any atom is 0.344 e. The molecule has 0 aliphatic rings. The first-order valence-corrected chi connectivity index (χ1v) is 6.29. The first-order chi connectivity index (χ1) is 8.58. The average Bonchev–Trinajstić information content (AvgIpc) is 2.30. The van der Waals surface area contributed by atoms with Crippen molar-refractivity contribution in [2.75, 3.05) is 13.2 Å². The van der Waals surface area contributed by atoms with Crippen LogP contribution in [0.1, 0.15) is 47.0 Å². The highest BCUT2D eigenvalue weighted by molar-refractivity contribution is 5.79. The fraction of sp³-hybridized carbons (Fsp3) is 0.846. The number of halogens is 2. The number of alkyl halides is 2. The standard InChI is InChI=1S/C13H22F2O4/c1-5-12(2,3)11(17)19-9-10(16)18-8-6-7-13(4,14)15/h5-9H2,1-4H3. The SMILES string of the molecule is CCC(C)(C)C(=O)OCC(=O)OCCCC(C)(F)F. The van der Waals surface area contributed by atoms with E-state index in [1.807, 2.05) is 6.92 Å². The fourth-order valence-corrected chi connectivity index (χ4v) is 1.07. The van der Waals surface area contributed by atoms with Gasteiger partial charge in [0.05, 0.1) is 12.0 Å². The van der Waals surface area contributed by atoms with Gasteiger partial charge < -0.3 is 9.47 Å². The highest BCUT2D eigenvalue weighted by atomic mass is 19.3. The summed E-state index contributed by atoms with van der Waals surface area (Å²) in [6.45, 7) is 5.49. The summed E-state index contributed by atoms with van der Waals surface area (Å²) < 4.78 is 34.4. The van der Waals surface area contributed by atoms with Gasteiger partial charge in [0.15, 0.2) is 6.61 Å². The van der Waals surface area contributed by atoms with Crippen molar-refractivity contribution in [3.05, 3.63) is 0 Å². The van der Waals surface area contributed by atoms with Gasteiger partial charge in [-0.15, -0.1) is 0 Å². The summed E-state index contributed by atoms with van der Waals surface area (Å²) in [6, 6.07) is 0. The molecular formula is C13H22F2O4. The number of hydrogen-bond donors (Lipinski definition) is 0. The molecule has 4 nitrogen and oxygen atoms in total. The van der Waals surface area contributed by atoms with Crippen LogP contribution in [-0.4, -0.2) is 31.1 Å². The summed E-state index contributed by atoms with van der Waals surface area (Å²) in [5, 5.41) is 0. The highest BCUT2D eigenvalue weighted by Crippen LogP contribution is 2.21. The number of esters is 2. The normalized spacial score (nSPS) is 12.1. The number of carbonyl (C=O) groups excluding carboxylic acids is 2. The van der Waals surface area contributed by atoms with E-state index in [1.54, 1.807) is 13.8 Å². The lowest BCUT2D eigenvalue weighted by atomic mass is 9.91. The quantitative estimate of drug-likeness (QED) is 0.506. The maximum absolute atomic E-state index is 12.5. The van der Waals surface area contributed by atoms with Gasteiger partial charge in [-0.2, -0.15) is 0 Å². The van der Waals surface area contributed by atoms with Crippen molar-refractivity contribution in [2.45, 2.75) is 52.9 Å². The van der Waals surface area contributed by atoms with Gasteiger partial charge in [-0.25, -0.2) is 13.6 Å². The van der Waals surface area contributed by atoms with E-state index in [-0.39, 0.29) is 19.4 Å². The summed E-state index contributed by atoms with van der Waals surface area (Å²) in [5.41, 5.74) is -0.648. The summed E-state index contributed by atoms with van der Waals surface area (Å²) in [6.07, 6.45) is 0.318. The van der Waals surface area contributed by atoms with Gasteiger partial charge in [-0.3, -0.25) is 4.79 Å². The number of ether oxygens (including phenoxy) is 2. The first-order valence-electron chi connectivity index (χ1n) is 6.29. The largest absolute Gasteiger partial charge is 0.463 e. The second kappa shape index (κ2) is 7.40. The van der Waals surface area contributed by atoms with Crippen molar-refractivity contribution in [3.63, 3.8) is 0 Å². The van der Waals surface area contributed by atoms with Crippen LogP contribution in [0, 0.1) is 5.41 Å².